The van der Waals surface area contributed by atoms with E-state index in [4.69, 9.17) is 16.2 Å². The standard InChI is InChI=1S/C22H32FN7O/c23-19-21(26-18(25)11-17(24)14-3-1-2-4-14)27-20(15-5-6-15)28-22(19)30-9-7-29(8-10-30)16-12-31-13-16/h11,14-16H,1-10,12-13,24H2,(H2,25,26,27,28)/b17-11-. The Bertz CT molecular complexity index is 867. The fourth-order valence-corrected chi connectivity index (χ4v) is 4.68. The Morgan fingerprint density at radius 3 is 2.35 bits per heavy atom. The largest absolute Gasteiger partial charge is 0.402 e. The van der Waals surface area contributed by atoms with Crippen LogP contribution < -0.4 is 16.4 Å². The molecule has 2 aliphatic carbocycles. The van der Waals surface area contributed by atoms with Crippen molar-refractivity contribution >= 4 is 17.5 Å². The minimum Gasteiger partial charge on any atom is -0.402 e. The van der Waals surface area contributed by atoms with E-state index < -0.39 is 5.82 Å². The van der Waals surface area contributed by atoms with E-state index >= 15 is 4.39 Å². The van der Waals surface area contributed by atoms with Gasteiger partial charge in [-0.05, 0) is 37.7 Å². The van der Waals surface area contributed by atoms with Crippen molar-refractivity contribution in [2.75, 3.05) is 44.3 Å². The molecule has 168 valence electrons. The van der Waals surface area contributed by atoms with Crippen molar-refractivity contribution in [1.29, 1.82) is 0 Å². The molecule has 4 N–H and O–H groups in total. The maximum atomic E-state index is 15.4. The van der Waals surface area contributed by atoms with Crippen molar-refractivity contribution in [3.8, 4) is 0 Å². The van der Waals surface area contributed by atoms with Crippen molar-refractivity contribution in [3.05, 3.63) is 23.4 Å². The smallest absolute Gasteiger partial charge is 0.210 e. The van der Waals surface area contributed by atoms with Crippen molar-refractivity contribution < 1.29 is 9.13 Å². The first-order chi connectivity index (χ1) is 15.1. The summed E-state index contributed by atoms with van der Waals surface area (Å²) in [7, 11) is 0. The van der Waals surface area contributed by atoms with E-state index in [1.165, 1.54) is 12.8 Å². The molecule has 0 spiro atoms. The fraction of sp³-hybridized carbons (Fsp3) is 0.682. The van der Waals surface area contributed by atoms with Gasteiger partial charge in [0, 0.05) is 37.8 Å². The predicted molar refractivity (Wildman–Crippen MR) is 118 cm³/mol. The molecule has 4 aliphatic rings. The molecule has 3 heterocycles. The zero-order valence-electron chi connectivity index (χ0n) is 18.0. The molecule has 1 aromatic rings. The van der Waals surface area contributed by atoms with Gasteiger partial charge in [-0.25, -0.2) is 15.0 Å². The number of ether oxygens (including phenoxy) is 1. The Hall–Kier alpha value is -2.26. The van der Waals surface area contributed by atoms with Crippen LogP contribution in [0, 0.1) is 11.7 Å². The average Bonchev–Trinajstić information content (AvgIpc) is 3.42. The van der Waals surface area contributed by atoms with Crippen molar-refractivity contribution in [2.24, 2.45) is 22.4 Å². The lowest BCUT2D eigenvalue weighted by Crippen LogP contribution is -2.56. The van der Waals surface area contributed by atoms with Gasteiger partial charge in [-0.1, -0.05) is 12.8 Å². The molecule has 0 radical (unpaired) electrons. The summed E-state index contributed by atoms with van der Waals surface area (Å²) in [6.07, 6.45) is 8.27. The van der Waals surface area contributed by atoms with E-state index in [9.17, 15) is 0 Å². The molecule has 2 saturated heterocycles. The minimum atomic E-state index is -0.499. The number of allylic oxidation sites excluding steroid dienone is 1. The zero-order chi connectivity index (χ0) is 21.4. The molecule has 0 amide bonds. The van der Waals surface area contributed by atoms with Gasteiger partial charge in [0.05, 0.1) is 19.3 Å². The lowest BCUT2D eigenvalue weighted by atomic mass is 10.0. The van der Waals surface area contributed by atoms with Crippen LogP contribution in [0.15, 0.2) is 16.8 Å². The molecule has 0 atom stereocenters. The number of nitrogens with zero attached hydrogens (tertiary/aromatic N) is 5. The van der Waals surface area contributed by atoms with Crippen LogP contribution in [0.5, 0.6) is 0 Å². The summed E-state index contributed by atoms with van der Waals surface area (Å²) >= 11 is 0. The van der Waals surface area contributed by atoms with Gasteiger partial charge in [-0.3, -0.25) is 4.90 Å². The third kappa shape index (κ3) is 4.52. The van der Waals surface area contributed by atoms with Crippen LogP contribution in [0.4, 0.5) is 16.0 Å². The molecule has 0 aromatic carbocycles. The van der Waals surface area contributed by atoms with Crippen molar-refractivity contribution in [3.63, 3.8) is 0 Å². The van der Waals surface area contributed by atoms with Crippen molar-refractivity contribution in [1.82, 2.24) is 14.9 Å². The van der Waals surface area contributed by atoms with E-state index in [2.05, 4.69) is 19.9 Å². The lowest BCUT2D eigenvalue weighted by Gasteiger charge is -2.42. The first-order valence-corrected chi connectivity index (χ1v) is 11.5. The van der Waals surface area contributed by atoms with Crippen LogP contribution in [0.25, 0.3) is 0 Å². The summed E-state index contributed by atoms with van der Waals surface area (Å²) < 4.78 is 20.7. The number of halogens is 1. The second-order valence-corrected chi connectivity index (χ2v) is 9.19. The number of piperazine rings is 1. The van der Waals surface area contributed by atoms with Gasteiger partial charge in [0.1, 0.15) is 11.7 Å². The Kier molecular flexibility index (Phi) is 5.79. The molecule has 31 heavy (non-hydrogen) atoms. The first-order valence-electron chi connectivity index (χ1n) is 11.5. The van der Waals surface area contributed by atoms with Crippen LogP contribution in [-0.4, -0.2) is 66.1 Å². The van der Waals surface area contributed by atoms with E-state index in [1.54, 1.807) is 6.08 Å². The molecular formula is C22H32FN7O. The fourth-order valence-electron chi connectivity index (χ4n) is 4.68. The minimum absolute atomic E-state index is 0.0229. The van der Waals surface area contributed by atoms with E-state index in [1.807, 2.05) is 4.90 Å². The number of aliphatic imine (C=N–C) groups is 1. The van der Waals surface area contributed by atoms with E-state index in [0.29, 0.717) is 29.5 Å². The van der Waals surface area contributed by atoms with Gasteiger partial charge in [-0.2, -0.15) is 4.39 Å². The number of aromatic nitrogens is 2. The third-order valence-corrected chi connectivity index (χ3v) is 6.90. The Morgan fingerprint density at radius 1 is 1.03 bits per heavy atom. The van der Waals surface area contributed by atoms with E-state index in [0.717, 1.165) is 70.8 Å². The predicted octanol–water partition coefficient (Wildman–Crippen LogP) is 2.04. The summed E-state index contributed by atoms with van der Waals surface area (Å²) in [6.45, 7) is 4.78. The molecule has 0 unspecified atom stereocenters. The number of anilines is 1. The Labute approximate surface area is 182 Å². The second kappa shape index (κ2) is 8.70. The topological polar surface area (TPSA) is 106 Å². The highest BCUT2D eigenvalue weighted by Gasteiger charge is 2.33. The van der Waals surface area contributed by atoms with Crippen LogP contribution in [0.1, 0.15) is 50.3 Å². The normalized spacial score (nSPS) is 24.6. The van der Waals surface area contributed by atoms with Crippen LogP contribution in [0.2, 0.25) is 0 Å². The van der Waals surface area contributed by atoms with Gasteiger partial charge in [0.2, 0.25) is 5.82 Å². The van der Waals surface area contributed by atoms with E-state index in [-0.39, 0.29) is 11.7 Å². The average molecular weight is 430 g/mol. The molecule has 2 saturated carbocycles. The molecule has 5 rings (SSSR count). The van der Waals surface area contributed by atoms with Gasteiger partial charge in [-0.15, -0.1) is 0 Å². The van der Waals surface area contributed by atoms with Crippen molar-refractivity contribution in [2.45, 2.75) is 50.5 Å². The zero-order valence-corrected chi connectivity index (χ0v) is 18.0. The summed E-state index contributed by atoms with van der Waals surface area (Å²) in [5, 5.41) is 0. The highest BCUT2D eigenvalue weighted by Crippen LogP contribution is 2.40. The van der Waals surface area contributed by atoms with Crippen LogP contribution in [-0.2, 0) is 4.74 Å². The maximum Gasteiger partial charge on any atom is 0.210 e. The molecule has 8 nitrogen and oxygen atoms in total. The summed E-state index contributed by atoms with van der Waals surface area (Å²) in [5.41, 5.74) is 13.1. The van der Waals surface area contributed by atoms with Crippen LogP contribution in [0.3, 0.4) is 0 Å². The summed E-state index contributed by atoms with van der Waals surface area (Å²) in [4.78, 5) is 17.8. The Balaban J connectivity index is 1.37. The molecule has 4 fully saturated rings. The molecule has 0 bridgehead atoms. The maximum absolute atomic E-state index is 15.4. The number of hydrogen-bond donors (Lipinski definition) is 2. The monoisotopic (exact) mass is 429 g/mol. The summed E-state index contributed by atoms with van der Waals surface area (Å²) in [5.74, 6) is 1.38. The quantitative estimate of drug-likeness (QED) is 0.526. The number of nitrogens with two attached hydrogens (primary N) is 2. The van der Waals surface area contributed by atoms with Gasteiger partial charge >= 0.3 is 0 Å². The summed E-state index contributed by atoms with van der Waals surface area (Å²) in [6, 6.07) is 0.497. The molecule has 2 aliphatic heterocycles. The molecule has 9 heteroatoms. The molecular weight excluding hydrogens is 397 g/mol. The number of hydrogen-bond acceptors (Lipinski definition) is 7. The number of rotatable bonds is 6. The van der Waals surface area contributed by atoms with Gasteiger partial charge in [0.25, 0.3) is 0 Å². The Morgan fingerprint density at radius 2 is 1.74 bits per heavy atom. The third-order valence-electron chi connectivity index (χ3n) is 6.90. The SMILES string of the molecule is NC(/C=C(\N)C1CCCC1)=Nc1nc(C2CC2)nc(N2CCN(C3COC3)CC2)c1F. The highest BCUT2D eigenvalue weighted by molar-refractivity contribution is 5.93. The number of amidine groups is 1. The first kappa shape index (κ1) is 20.6. The van der Waals surface area contributed by atoms with Crippen LogP contribution >= 0.6 is 0 Å². The highest BCUT2D eigenvalue weighted by atomic mass is 19.1. The van der Waals surface area contributed by atoms with Gasteiger partial charge in [0.15, 0.2) is 11.6 Å². The molecule has 1 aromatic heterocycles. The second-order valence-electron chi connectivity index (χ2n) is 9.19. The van der Waals surface area contributed by atoms with Gasteiger partial charge < -0.3 is 21.1 Å². The lowest BCUT2D eigenvalue weighted by molar-refractivity contribution is -0.0661.